The van der Waals surface area contributed by atoms with Crippen molar-refractivity contribution in [2.75, 3.05) is 6.61 Å². The number of pyridine rings is 1. The van der Waals surface area contributed by atoms with Gasteiger partial charge in [-0.15, -0.1) is 5.10 Å². The number of carboxylic acids is 1. The number of fused-ring (bicyclic) bond motifs is 1. The van der Waals surface area contributed by atoms with Crippen molar-refractivity contribution >= 4 is 17.6 Å². The summed E-state index contributed by atoms with van der Waals surface area (Å²) in [5.41, 5.74) is 3.62. The van der Waals surface area contributed by atoms with E-state index in [4.69, 9.17) is 9.72 Å². The molecule has 0 aliphatic heterocycles. The zero-order valence-corrected chi connectivity index (χ0v) is 20.1. The Morgan fingerprint density at radius 1 is 1.20 bits per heavy atom. The smallest absolute Gasteiger partial charge is 0.358 e. The number of carbonyl (C=O) groups is 2. The highest BCUT2D eigenvalue weighted by Gasteiger charge is 2.30. The number of carbonyl (C=O) groups excluding carboxylic acids is 1. The van der Waals surface area contributed by atoms with Crippen LogP contribution >= 0.6 is 0 Å². The number of hydrogen-bond acceptors (Lipinski definition) is 7. The second kappa shape index (κ2) is 8.33. The van der Waals surface area contributed by atoms with Crippen molar-refractivity contribution < 1.29 is 19.4 Å². The monoisotopic (exact) mass is 477 g/mol. The fourth-order valence-corrected chi connectivity index (χ4v) is 4.29. The normalized spacial score (nSPS) is 13.9. The summed E-state index contributed by atoms with van der Waals surface area (Å²) in [4.78, 5) is 32.9. The van der Waals surface area contributed by atoms with Crippen LogP contribution in [0.4, 0.5) is 0 Å². The van der Waals surface area contributed by atoms with Gasteiger partial charge >= 0.3 is 11.9 Å². The van der Waals surface area contributed by atoms with Crippen LogP contribution in [0.5, 0.6) is 0 Å². The molecule has 182 valence electrons. The fraction of sp³-hybridized carbons (Fsp3) is 0.417. The van der Waals surface area contributed by atoms with Crippen LogP contribution in [0.1, 0.15) is 84.4 Å². The molecule has 4 heterocycles. The SMILES string of the molecule is CCOC(=O)c1cn(-c2cc(C3CC3)cn3cc(Cn4nnc(C(=O)O)c4C(C)(C)C)nc23)cn1. The van der Waals surface area contributed by atoms with Gasteiger partial charge in [-0.3, -0.25) is 0 Å². The third kappa shape index (κ3) is 4.29. The molecule has 0 aromatic carbocycles. The lowest BCUT2D eigenvalue weighted by atomic mass is 9.90. The molecule has 0 radical (unpaired) electrons. The molecule has 1 saturated carbocycles. The van der Waals surface area contributed by atoms with Gasteiger partial charge in [-0.2, -0.15) is 0 Å². The van der Waals surface area contributed by atoms with E-state index in [1.165, 1.54) is 5.56 Å². The Morgan fingerprint density at radius 3 is 2.63 bits per heavy atom. The molecule has 1 aliphatic carbocycles. The van der Waals surface area contributed by atoms with E-state index in [1.807, 2.05) is 31.4 Å². The van der Waals surface area contributed by atoms with Crippen LogP contribution in [0.3, 0.4) is 0 Å². The van der Waals surface area contributed by atoms with Crippen molar-refractivity contribution in [3.63, 3.8) is 0 Å². The van der Waals surface area contributed by atoms with E-state index in [9.17, 15) is 14.7 Å². The van der Waals surface area contributed by atoms with Crippen molar-refractivity contribution in [2.45, 2.75) is 58.4 Å². The van der Waals surface area contributed by atoms with Gasteiger partial charge in [0.05, 0.1) is 30.2 Å². The first-order chi connectivity index (χ1) is 16.7. The zero-order chi connectivity index (χ0) is 24.9. The van der Waals surface area contributed by atoms with Crippen molar-refractivity contribution in [3.05, 3.63) is 59.3 Å². The number of esters is 1. The van der Waals surface area contributed by atoms with E-state index in [1.54, 1.807) is 28.7 Å². The summed E-state index contributed by atoms with van der Waals surface area (Å²) >= 11 is 0. The minimum absolute atomic E-state index is 0.0529. The molecule has 0 unspecified atom stereocenters. The summed E-state index contributed by atoms with van der Waals surface area (Å²) in [6.45, 7) is 8.09. The summed E-state index contributed by atoms with van der Waals surface area (Å²) in [6, 6.07) is 2.08. The average Bonchev–Trinajstić information content (AvgIpc) is 3.19. The Morgan fingerprint density at radius 2 is 1.97 bits per heavy atom. The number of imidazole rings is 2. The third-order valence-corrected chi connectivity index (χ3v) is 5.96. The minimum Gasteiger partial charge on any atom is -0.476 e. The van der Waals surface area contributed by atoms with Gasteiger partial charge in [-0.1, -0.05) is 26.0 Å². The molecule has 4 aromatic rings. The maximum atomic E-state index is 12.1. The highest BCUT2D eigenvalue weighted by molar-refractivity contribution is 5.87. The first-order valence-corrected chi connectivity index (χ1v) is 11.6. The number of nitrogens with zero attached hydrogens (tertiary/aromatic N) is 7. The second-order valence-electron chi connectivity index (χ2n) is 9.78. The molecule has 4 aromatic heterocycles. The quantitative estimate of drug-likeness (QED) is 0.402. The Labute approximate surface area is 201 Å². The van der Waals surface area contributed by atoms with E-state index in [-0.39, 0.29) is 24.5 Å². The maximum Gasteiger partial charge on any atom is 0.358 e. The highest BCUT2D eigenvalue weighted by Crippen LogP contribution is 2.41. The van der Waals surface area contributed by atoms with Crippen LogP contribution in [0.2, 0.25) is 0 Å². The zero-order valence-electron chi connectivity index (χ0n) is 20.1. The Kier molecular flexibility index (Phi) is 5.42. The van der Waals surface area contributed by atoms with Gasteiger partial charge in [-0.25, -0.2) is 24.2 Å². The molecule has 0 atom stereocenters. The highest BCUT2D eigenvalue weighted by atomic mass is 16.5. The lowest BCUT2D eigenvalue weighted by Crippen LogP contribution is -2.22. The molecule has 0 saturated heterocycles. The lowest BCUT2D eigenvalue weighted by molar-refractivity contribution is 0.0519. The summed E-state index contributed by atoms with van der Waals surface area (Å²) in [6.07, 6.45) is 9.49. The maximum absolute atomic E-state index is 12.1. The summed E-state index contributed by atoms with van der Waals surface area (Å²) < 4.78 is 10.4. The first kappa shape index (κ1) is 22.8. The van der Waals surface area contributed by atoms with E-state index < -0.39 is 17.4 Å². The molecule has 0 bridgehead atoms. The summed E-state index contributed by atoms with van der Waals surface area (Å²) in [7, 11) is 0. The van der Waals surface area contributed by atoms with E-state index >= 15 is 0 Å². The average molecular weight is 478 g/mol. The van der Waals surface area contributed by atoms with Crippen LogP contribution in [0.25, 0.3) is 11.3 Å². The van der Waals surface area contributed by atoms with Gasteiger partial charge in [0.2, 0.25) is 0 Å². The standard InChI is InChI=1S/C24H27N7O4/c1-5-35-23(34)17-12-30(13-25-17)18-8-15(14-6-7-14)9-29-10-16(26-21(18)29)11-31-20(24(2,3)4)19(22(32)33)27-28-31/h8-10,12-14H,5-7,11H2,1-4H3,(H,32,33). The largest absolute Gasteiger partial charge is 0.476 e. The van der Waals surface area contributed by atoms with E-state index in [0.717, 1.165) is 18.5 Å². The predicted octanol–water partition coefficient (Wildman–Crippen LogP) is 3.21. The van der Waals surface area contributed by atoms with Crippen LogP contribution in [-0.2, 0) is 16.7 Å². The number of ether oxygens (including phenoxy) is 1. The number of aromatic carboxylic acids is 1. The van der Waals surface area contributed by atoms with Crippen LogP contribution in [0.15, 0.2) is 31.0 Å². The number of carboxylic acid groups (broad SMARTS) is 1. The molecule has 0 spiro atoms. The van der Waals surface area contributed by atoms with Crippen LogP contribution in [0, 0.1) is 0 Å². The molecular formula is C24H27N7O4. The molecule has 11 nitrogen and oxygen atoms in total. The Bertz CT molecular complexity index is 1440. The number of aromatic nitrogens is 7. The van der Waals surface area contributed by atoms with Crippen molar-refractivity contribution in [1.29, 1.82) is 0 Å². The molecule has 1 N–H and O–H groups in total. The molecule has 11 heteroatoms. The number of hydrogen-bond donors (Lipinski definition) is 1. The Balaban J connectivity index is 1.57. The minimum atomic E-state index is -1.11. The molecule has 5 rings (SSSR count). The van der Waals surface area contributed by atoms with Gasteiger partial charge in [-0.05, 0) is 37.3 Å². The fourth-order valence-electron chi connectivity index (χ4n) is 4.29. The van der Waals surface area contributed by atoms with Gasteiger partial charge in [0.15, 0.2) is 17.0 Å². The molecule has 35 heavy (non-hydrogen) atoms. The van der Waals surface area contributed by atoms with Crippen molar-refractivity contribution in [3.8, 4) is 5.69 Å². The van der Waals surface area contributed by atoms with Crippen molar-refractivity contribution in [2.24, 2.45) is 0 Å². The first-order valence-electron chi connectivity index (χ1n) is 11.6. The van der Waals surface area contributed by atoms with E-state index in [2.05, 4.69) is 27.6 Å². The van der Waals surface area contributed by atoms with Crippen LogP contribution < -0.4 is 0 Å². The molecule has 0 amide bonds. The van der Waals surface area contributed by atoms with E-state index in [0.29, 0.717) is 23.0 Å². The molecular weight excluding hydrogens is 450 g/mol. The Hall–Kier alpha value is -4.02. The van der Waals surface area contributed by atoms with Gasteiger partial charge in [0.25, 0.3) is 0 Å². The van der Waals surface area contributed by atoms with Crippen molar-refractivity contribution in [1.82, 2.24) is 33.9 Å². The van der Waals surface area contributed by atoms with Gasteiger partial charge < -0.3 is 18.8 Å². The topological polar surface area (TPSA) is 129 Å². The molecule has 1 fully saturated rings. The summed E-state index contributed by atoms with van der Waals surface area (Å²) in [5.74, 6) is -1.08. The lowest BCUT2D eigenvalue weighted by Gasteiger charge is -2.19. The van der Waals surface area contributed by atoms with Gasteiger partial charge in [0.1, 0.15) is 6.33 Å². The predicted molar refractivity (Wildman–Crippen MR) is 125 cm³/mol. The summed E-state index contributed by atoms with van der Waals surface area (Å²) in [5, 5.41) is 17.6. The molecule has 1 aliphatic rings. The van der Waals surface area contributed by atoms with Crippen LogP contribution in [-0.4, -0.2) is 57.6 Å². The third-order valence-electron chi connectivity index (χ3n) is 5.96. The number of rotatable bonds is 7. The second-order valence-corrected chi connectivity index (χ2v) is 9.78. The van der Waals surface area contributed by atoms with Gasteiger partial charge in [0, 0.05) is 24.0 Å².